The zero-order valence-electron chi connectivity index (χ0n) is 25.9. The van der Waals surface area contributed by atoms with Gasteiger partial charge < -0.3 is 4.42 Å². The minimum absolute atomic E-state index is 0.957. The number of rotatable bonds is 3. The van der Waals surface area contributed by atoms with Crippen molar-refractivity contribution in [3.8, 4) is 33.4 Å². The molecule has 0 spiro atoms. The van der Waals surface area contributed by atoms with Gasteiger partial charge in [0.1, 0.15) is 11.2 Å². The van der Waals surface area contributed by atoms with Crippen LogP contribution in [0.15, 0.2) is 138 Å². The van der Waals surface area contributed by atoms with Crippen molar-refractivity contribution >= 4 is 54.3 Å². The predicted molar refractivity (Wildman–Crippen MR) is 197 cm³/mol. The fraction of sp³-hybridized carbons (Fsp3) is 0.0870. The van der Waals surface area contributed by atoms with Crippen LogP contribution >= 0.6 is 0 Å². The van der Waals surface area contributed by atoms with E-state index in [1.54, 1.807) is 0 Å². The van der Waals surface area contributed by atoms with Crippen molar-refractivity contribution in [2.45, 2.75) is 25.7 Å². The normalized spacial score (nSPS) is 13.6. The molecule has 8 aromatic carbocycles. The molecule has 1 heteroatoms. The number of furan rings is 1. The smallest absolute Gasteiger partial charge is 0.136 e. The lowest BCUT2D eigenvalue weighted by Crippen LogP contribution is -2.07. The summed E-state index contributed by atoms with van der Waals surface area (Å²) >= 11 is 0. The summed E-state index contributed by atoms with van der Waals surface area (Å²) in [5.74, 6) is 0. The molecule has 1 heterocycles. The first-order chi connectivity index (χ1) is 23.3. The maximum absolute atomic E-state index is 6.45. The van der Waals surface area contributed by atoms with Crippen molar-refractivity contribution < 1.29 is 4.42 Å². The average Bonchev–Trinajstić information content (AvgIpc) is 3.46. The Bertz CT molecular complexity index is 2740. The minimum Gasteiger partial charge on any atom is -0.456 e. The standard InChI is InChI=1S/C46H30O/c1-2-9-33-32(8-1)34(35-14-7-15-42-46(35)41-25-29-19-20-30(29)26-43(41)47-42)22-23-40(33)45-38-12-5-3-10-36(38)44(37-11-4-6-13-39(37)45)31-21-17-27-16-18-28(27)24-31/h1-15,17,21-26H,16,18-20H2. The lowest BCUT2D eigenvalue weighted by Gasteiger charge is -2.22. The molecule has 11 rings (SSSR count). The molecule has 0 amide bonds. The number of aryl methyl sites for hydroxylation is 4. The molecule has 0 fully saturated rings. The summed E-state index contributed by atoms with van der Waals surface area (Å²) in [4.78, 5) is 0. The van der Waals surface area contributed by atoms with E-state index in [4.69, 9.17) is 4.42 Å². The van der Waals surface area contributed by atoms with Crippen molar-refractivity contribution in [2.24, 2.45) is 0 Å². The molecule has 2 aliphatic carbocycles. The Hall–Kier alpha value is -5.66. The van der Waals surface area contributed by atoms with Gasteiger partial charge in [-0.05, 0) is 132 Å². The zero-order chi connectivity index (χ0) is 30.6. The summed E-state index contributed by atoms with van der Waals surface area (Å²) in [6, 6.07) is 50.0. The maximum atomic E-state index is 6.45. The third-order valence-electron chi connectivity index (χ3n) is 11.1. The first kappa shape index (κ1) is 25.5. The van der Waals surface area contributed by atoms with E-state index < -0.39 is 0 Å². The lowest BCUT2D eigenvalue weighted by molar-refractivity contribution is 0.666. The SMILES string of the molecule is c1cc(-c2ccc(-c3c4ccccc4c(-c4ccc5c(c4)CC5)c4ccccc34)c3ccccc23)c2c(c1)oc1cc3c(cc12)CC3. The number of hydrogen-bond donors (Lipinski definition) is 0. The van der Waals surface area contributed by atoms with Crippen LogP contribution in [0.25, 0.3) is 87.6 Å². The number of hydrogen-bond acceptors (Lipinski definition) is 1. The van der Waals surface area contributed by atoms with Crippen LogP contribution < -0.4 is 0 Å². The summed E-state index contributed by atoms with van der Waals surface area (Å²) in [5, 5.41) is 10.2. The van der Waals surface area contributed by atoms with Crippen LogP contribution in [0.2, 0.25) is 0 Å². The molecule has 0 unspecified atom stereocenters. The highest BCUT2D eigenvalue weighted by atomic mass is 16.3. The van der Waals surface area contributed by atoms with E-state index in [1.165, 1.54) is 112 Å². The van der Waals surface area contributed by atoms with E-state index in [0.29, 0.717) is 0 Å². The second-order valence-electron chi connectivity index (χ2n) is 13.4. The van der Waals surface area contributed by atoms with Gasteiger partial charge in [-0.3, -0.25) is 0 Å². The van der Waals surface area contributed by atoms with Gasteiger partial charge >= 0.3 is 0 Å². The summed E-state index contributed by atoms with van der Waals surface area (Å²) in [5.41, 5.74) is 15.5. The van der Waals surface area contributed by atoms with Crippen molar-refractivity contribution in [2.75, 3.05) is 0 Å². The highest BCUT2D eigenvalue weighted by molar-refractivity contribution is 6.25. The second-order valence-corrected chi connectivity index (χ2v) is 13.4. The Morgan fingerprint density at radius 2 is 0.915 bits per heavy atom. The number of fused-ring (bicyclic) bond motifs is 8. The van der Waals surface area contributed by atoms with Gasteiger partial charge in [-0.15, -0.1) is 0 Å². The fourth-order valence-electron chi connectivity index (χ4n) is 8.57. The van der Waals surface area contributed by atoms with Gasteiger partial charge in [-0.2, -0.15) is 0 Å². The van der Waals surface area contributed by atoms with Crippen LogP contribution in [-0.4, -0.2) is 0 Å². The van der Waals surface area contributed by atoms with Gasteiger partial charge in [0.2, 0.25) is 0 Å². The van der Waals surface area contributed by atoms with Gasteiger partial charge in [0.05, 0.1) is 0 Å². The van der Waals surface area contributed by atoms with Crippen LogP contribution in [0.5, 0.6) is 0 Å². The van der Waals surface area contributed by atoms with E-state index in [2.05, 4.69) is 133 Å². The third-order valence-corrected chi connectivity index (χ3v) is 11.1. The Kier molecular flexibility index (Phi) is 5.12. The highest BCUT2D eigenvalue weighted by Crippen LogP contribution is 2.48. The number of benzene rings is 8. The molecule has 1 aromatic heterocycles. The van der Waals surface area contributed by atoms with Gasteiger partial charge in [-0.25, -0.2) is 0 Å². The molecule has 2 aliphatic rings. The molecule has 0 radical (unpaired) electrons. The quantitative estimate of drug-likeness (QED) is 0.184. The summed E-state index contributed by atoms with van der Waals surface area (Å²) in [7, 11) is 0. The first-order valence-corrected chi connectivity index (χ1v) is 16.9. The van der Waals surface area contributed by atoms with Crippen molar-refractivity contribution in [3.05, 3.63) is 156 Å². The van der Waals surface area contributed by atoms with Crippen LogP contribution in [-0.2, 0) is 25.7 Å². The summed E-state index contributed by atoms with van der Waals surface area (Å²) < 4.78 is 6.45. The van der Waals surface area contributed by atoms with Crippen LogP contribution in [0.4, 0.5) is 0 Å². The lowest BCUT2D eigenvalue weighted by atomic mass is 9.81. The zero-order valence-corrected chi connectivity index (χ0v) is 25.9. The van der Waals surface area contributed by atoms with Crippen molar-refractivity contribution in [3.63, 3.8) is 0 Å². The molecule has 0 saturated carbocycles. The Morgan fingerprint density at radius 1 is 0.340 bits per heavy atom. The van der Waals surface area contributed by atoms with Crippen LogP contribution in [0.3, 0.4) is 0 Å². The third kappa shape index (κ3) is 3.54. The molecule has 0 saturated heterocycles. The molecule has 1 nitrogen and oxygen atoms in total. The second kappa shape index (κ2) is 9.44. The van der Waals surface area contributed by atoms with Gasteiger partial charge in [0, 0.05) is 10.8 Å². The molecular weight excluding hydrogens is 569 g/mol. The molecular formula is C46H30O. The van der Waals surface area contributed by atoms with Gasteiger partial charge in [0.25, 0.3) is 0 Å². The molecule has 0 aliphatic heterocycles. The van der Waals surface area contributed by atoms with E-state index in [0.717, 1.165) is 24.0 Å². The van der Waals surface area contributed by atoms with Gasteiger partial charge in [0.15, 0.2) is 0 Å². The fourth-order valence-corrected chi connectivity index (χ4v) is 8.57. The summed E-state index contributed by atoms with van der Waals surface area (Å²) in [6.07, 6.45) is 4.69. The average molecular weight is 599 g/mol. The van der Waals surface area contributed by atoms with Crippen LogP contribution in [0, 0.1) is 0 Å². The van der Waals surface area contributed by atoms with E-state index in [9.17, 15) is 0 Å². The Morgan fingerprint density at radius 3 is 1.57 bits per heavy atom. The highest BCUT2D eigenvalue weighted by Gasteiger charge is 2.23. The molecule has 0 bridgehead atoms. The predicted octanol–water partition coefficient (Wildman–Crippen LogP) is 12.2. The molecule has 47 heavy (non-hydrogen) atoms. The van der Waals surface area contributed by atoms with E-state index >= 15 is 0 Å². The molecule has 220 valence electrons. The van der Waals surface area contributed by atoms with E-state index in [-0.39, 0.29) is 0 Å². The minimum atomic E-state index is 0.957. The topological polar surface area (TPSA) is 13.1 Å². The van der Waals surface area contributed by atoms with E-state index in [1.807, 2.05) is 0 Å². The summed E-state index contributed by atoms with van der Waals surface area (Å²) in [6.45, 7) is 0. The van der Waals surface area contributed by atoms with Crippen molar-refractivity contribution in [1.82, 2.24) is 0 Å². The molecule has 0 N–H and O–H groups in total. The monoisotopic (exact) mass is 598 g/mol. The maximum Gasteiger partial charge on any atom is 0.136 e. The van der Waals surface area contributed by atoms with Gasteiger partial charge in [-0.1, -0.05) is 115 Å². The van der Waals surface area contributed by atoms with Crippen LogP contribution in [0.1, 0.15) is 22.3 Å². The van der Waals surface area contributed by atoms with Crippen molar-refractivity contribution in [1.29, 1.82) is 0 Å². The Balaban J connectivity index is 1.20. The molecule has 0 atom stereocenters. The largest absolute Gasteiger partial charge is 0.456 e. The Labute approximate surface area is 272 Å². The first-order valence-electron chi connectivity index (χ1n) is 16.9. The molecule has 9 aromatic rings.